The quantitative estimate of drug-likeness (QED) is 0.146. The summed E-state index contributed by atoms with van der Waals surface area (Å²) in [6.07, 6.45) is 0. The van der Waals surface area contributed by atoms with Crippen LogP contribution in [0, 0.1) is 0 Å². The van der Waals surface area contributed by atoms with Crippen LogP contribution in [0.3, 0.4) is 0 Å². The molecule has 11 aromatic carbocycles. The second kappa shape index (κ2) is 14.8. The third-order valence-corrected chi connectivity index (χ3v) is 12.6. The molecule has 0 aliphatic carbocycles. The van der Waals surface area contributed by atoms with Gasteiger partial charge in [0.05, 0.1) is 16.7 Å². The lowest BCUT2D eigenvalue weighted by Crippen LogP contribution is -2.11. The fourth-order valence-corrected chi connectivity index (χ4v) is 9.70. The van der Waals surface area contributed by atoms with E-state index in [2.05, 4.69) is 252 Å². The summed E-state index contributed by atoms with van der Waals surface area (Å²) in [5.74, 6) is 0. The lowest BCUT2D eigenvalue weighted by Gasteiger charge is -2.28. The summed E-state index contributed by atoms with van der Waals surface area (Å²) >= 11 is 0. The Hall–Kier alpha value is -8.20. The number of para-hydroxylation sites is 2. The molecule has 0 bridgehead atoms. The molecule has 290 valence electrons. The van der Waals surface area contributed by atoms with E-state index in [0.717, 1.165) is 22.7 Å². The average molecular weight is 789 g/mol. The molecule has 12 rings (SSSR count). The summed E-state index contributed by atoms with van der Waals surface area (Å²) in [7, 11) is 0. The molecule has 0 unspecified atom stereocenters. The maximum Gasteiger partial charge on any atom is 0.0626 e. The molecule has 0 atom stereocenters. The number of hydrogen-bond donors (Lipinski definition) is 0. The van der Waals surface area contributed by atoms with Crippen molar-refractivity contribution in [1.82, 2.24) is 4.57 Å². The monoisotopic (exact) mass is 788 g/mol. The molecular weight excluding hydrogens is 749 g/mol. The van der Waals surface area contributed by atoms with Gasteiger partial charge in [-0.3, -0.25) is 0 Å². The molecule has 0 spiro atoms. The van der Waals surface area contributed by atoms with Gasteiger partial charge in [-0.2, -0.15) is 0 Å². The second-order valence-electron chi connectivity index (χ2n) is 16.1. The van der Waals surface area contributed by atoms with Crippen molar-refractivity contribution >= 4 is 71.2 Å². The van der Waals surface area contributed by atoms with Gasteiger partial charge in [-0.1, -0.05) is 194 Å². The van der Waals surface area contributed by atoms with Crippen LogP contribution in [-0.2, 0) is 0 Å². The van der Waals surface area contributed by atoms with E-state index < -0.39 is 0 Å². The molecule has 0 fully saturated rings. The standard InChI is InChI=1S/C60H40N2/c1-3-15-41(16-4-1)42-27-29-43(30-28-42)44-31-34-47(35-32-44)61(56-25-13-11-20-50(56)45-17-5-2-6-18-45)48-36-38-49(39-37-48)62-57-26-14-12-24-55(57)59-58-51-21-8-7-19-46(51)33-40-53(58)52-22-9-10-23-54(52)60(59)62/h1-40H. The molecule has 12 aromatic rings. The smallest absolute Gasteiger partial charge is 0.0626 e. The Morgan fingerprint density at radius 1 is 0.290 bits per heavy atom. The highest BCUT2D eigenvalue weighted by molar-refractivity contribution is 6.36. The number of benzene rings is 11. The van der Waals surface area contributed by atoms with Crippen LogP contribution in [-0.4, -0.2) is 4.57 Å². The maximum atomic E-state index is 2.48. The Bertz CT molecular complexity index is 3590. The molecule has 0 radical (unpaired) electrons. The first-order chi connectivity index (χ1) is 30.8. The number of aromatic nitrogens is 1. The normalized spacial score (nSPS) is 11.5. The first-order valence-corrected chi connectivity index (χ1v) is 21.3. The van der Waals surface area contributed by atoms with Crippen LogP contribution in [0.1, 0.15) is 0 Å². The van der Waals surface area contributed by atoms with Gasteiger partial charge in [0, 0.05) is 44.2 Å². The summed E-state index contributed by atoms with van der Waals surface area (Å²) < 4.78 is 2.48. The molecule has 0 saturated heterocycles. The highest BCUT2D eigenvalue weighted by Crippen LogP contribution is 2.46. The van der Waals surface area contributed by atoms with Gasteiger partial charge in [0.25, 0.3) is 0 Å². The zero-order valence-electron chi connectivity index (χ0n) is 34.0. The Morgan fingerprint density at radius 2 is 0.790 bits per heavy atom. The van der Waals surface area contributed by atoms with Crippen molar-refractivity contribution in [2.75, 3.05) is 4.90 Å². The summed E-state index contributed by atoms with van der Waals surface area (Å²) in [4.78, 5) is 2.40. The topological polar surface area (TPSA) is 8.17 Å². The van der Waals surface area contributed by atoms with E-state index in [1.807, 2.05) is 0 Å². The van der Waals surface area contributed by atoms with E-state index in [1.54, 1.807) is 0 Å². The van der Waals surface area contributed by atoms with Gasteiger partial charge in [-0.05, 0) is 97.9 Å². The van der Waals surface area contributed by atoms with Gasteiger partial charge < -0.3 is 9.47 Å². The fraction of sp³-hybridized carbons (Fsp3) is 0. The summed E-state index contributed by atoms with van der Waals surface area (Å²) in [5.41, 5.74) is 14.0. The third-order valence-electron chi connectivity index (χ3n) is 12.6. The zero-order valence-corrected chi connectivity index (χ0v) is 34.0. The second-order valence-corrected chi connectivity index (χ2v) is 16.1. The van der Waals surface area contributed by atoms with Crippen LogP contribution >= 0.6 is 0 Å². The summed E-state index contributed by atoms with van der Waals surface area (Å²) in [6, 6.07) is 88.3. The fourth-order valence-electron chi connectivity index (χ4n) is 9.70. The van der Waals surface area contributed by atoms with Crippen molar-refractivity contribution in [3.05, 3.63) is 243 Å². The van der Waals surface area contributed by atoms with Gasteiger partial charge in [0.2, 0.25) is 0 Å². The SMILES string of the molecule is c1ccc(-c2ccc(-c3ccc(N(c4ccc(-n5c6ccccc6c6c7c8ccccc8ccc7c7ccccc7c65)cc4)c4ccccc4-c4ccccc4)cc3)cc2)cc1. The number of hydrogen-bond acceptors (Lipinski definition) is 1. The van der Waals surface area contributed by atoms with Crippen LogP contribution in [0.4, 0.5) is 17.1 Å². The van der Waals surface area contributed by atoms with Crippen LogP contribution < -0.4 is 4.90 Å². The number of nitrogens with zero attached hydrogens (tertiary/aromatic N) is 2. The molecule has 1 heterocycles. The van der Waals surface area contributed by atoms with Gasteiger partial charge in [-0.15, -0.1) is 0 Å². The van der Waals surface area contributed by atoms with Crippen molar-refractivity contribution in [3.8, 4) is 39.1 Å². The Kier molecular flexibility index (Phi) is 8.53. The van der Waals surface area contributed by atoms with Crippen molar-refractivity contribution in [2.45, 2.75) is 0 Å². The molecular formula is C60H40N2. The van der Waals surface area contributed by atoms with Crippen molar-refractivity contribution in [3.63, 3.8) is 0 Å². The number of fused-ring (bicyclic) bond motifs is 10. The molecule has 0 N–H and O–H groups in total. The van der Waals surface area contributed by atoms with E-state index in [4.69, 9.17) is 0 Å². The van der Waals surface area contributed by atoms with Crippen LogP contribution in [0.2, 0.25) is 0 Å². The van der Waals surface area contributed by atoms with E-state index in [1.165, 1.54) is 87.5 Å². The lowest BCUT2D eigenvalue weighted by molar-refractivity contribution is 1.18. The van der Waals surface area contributed by atoms with E-state index in [-0.39, 0.29) is 0 Å². The molecule has 0 aliphatic heterocycles. The van der Waals surface area contributed by atoms with Crippen LogP contribution in [0.5, 0.6) is 0 Å². The first-order valence-electron chi connectivity index (χ1n) is 21.3. The highest BCUT2D eigenvalue weighted by Gasteiger charge is 2.22. The molecule has 0 saturated carbocycles. The zero-order chi connectivity index (χ0) is 41.0. The highest BCUT2D eigenvalue weighted by atomic mass is 15.1. The molecule has 0 amide bonds. The van der Waals surface area contributed by atoms with Gasteiger partial charge in [0.1, 0.15) is 0 Å². The largest absolute Gasteiger partial charge is 0.310 e. The molecule has 2 heteroatoms. The predicted octanol–water partition coefficient (Wildman–Crippen LogP) is 16.7. The van der Waals surface area contributed by atoms with Crippen molar-refractivity contribution in [2.24, 2.45) is 0 Å². The minimum Gasteiger partial charge on any atom is -0.310 e. The van der Waals surface area contributed by atoms with Crippen molar-refractivity contribution < 1.29 is 0 Å². The van der Waals surface area contributed by atoms with Gasteiger partial charge in [-0.25, -0.2) is 0 Å². The van der Waals surface area contributed by atoms with Crippen LogP contribution in [0.15, 0.2) is 243 Å². The molecule has 1 aromatic heterocycles. The average Bonchev–Trinajstić information content (AvgIpc) is 3.70. The molecule has 62 heavy (non-hydrogen) atoms. The van der Waals surface area contributed by atoms with E-state index >= 15 is 0 Å². The molecule has 0 aliphatic rings. The van der Waals surface area contributed by atoms with Gasteiger partial charge in [0.15, 0.2) is 0 Å². The number of anilines is 3. The lowest BCUT2D eigenvalue weighted by atomic mass is 9.93. The summed E-state index contributed by atoms with van der Waals surface area (Å²) in [6.45, 7) is 0. The minimum atomic E-state index is 1.08. The predicted molar refractivity (Wildman–Crippen MR) is 264 cm³/mol. The maximum absolute atomic E-state index is 2.48. The Morgan fingerprint density at radius 3 is 1.48 bits per heavy atom. The Labute approximate surface area is 360 Å². The Balaban J connectivity index is 1.02. The third kappa shape index (κ3) is 5.88. The van der Waals surface area contributed by atoms with Gasteiger partial charge >= 0.3 is 0 Å². The van der Waals surface area contributed by atoms with E-state index in [9.17, 15) is 0 Å². The summed E-state index contributed by atoms with van der Waals surface area (Å²) in [5, 5.41) is 10.2. The van der Waals surface area contributed by atoms with Crippen molar-refractivity contribution in [1.29, 1.82) is 0 Å². The van der Waals surface area contributed by atoms with E-state index in [0.29, 0.717) is 0 Å². The number of rotatable bonds is 7. The molecule has 2 nitrogen and oxygen atoms in total. The van der Waals surface area contributed by atoms with Crippen LogP contribution in [0.25, 0.3) is 93.2 Å². The minimum absolute atomic E-state index is 1.08. The first kappa shape index (κ1) is 35.7.